The summed E-state index contributed by atoms with van der Waals surface area (Å²) in [4.78, 5) is 35.7. The van der Waals surface area contributed by atoms with Crippen LogP contribution in [0.3, 0.4) is 0 Å². The van der Waals surface area contributed by atoms with Gasteiger partial charge in [-0.05, 0) is 66.6 Å². The maximum atomic E-state index is 11.7. The number of cyclic esters (lactones) is 1. The van der Waals surface area contributed by atoms with Crippen LogP contribution in [-0.4, -0.2) is 59.4 Å². The van der Waals surface area contributed by atoms with Crippen molar-refractivity contribution in [1.29, 1.82) is 0 Å². The Morgan fingerprint density at radius 3 is 2.18 bits per heavy atom. The third-order valence-corrected chi connectivity index (χ3v) is 6.63. The van der Waals surface area contributed by atoms with E-state index in [2.05, 4.69) is 6.08 Å². The third kappa shape index (κ3) is 7.95. The summed E-state index contributed by atoms with van der Waals surface area (Å²) in [6.07, 6.45) is 6.13. The minimum absolute atomic E-state index is 0.132. The Hall–Kier alpha value is -4.59. The molecule has 4 rings (SSSR count). The highest BCUT2D eigenvalue weighted by Crippen LogP contribution is 2.24. The number of rotatable bonds is 13. The van der Waals surface area contributed by atoms with Crippen molar-refractivity contribution in [3.63, 3.8) is 0 Å². The molecule has 3 aromatic rings. The number of allylic oxidation sites excluding steroid dienone is 1. The molecular formula is C31H31NO7. The van der Waals surface area contributed by atoms with E-state index in [9.17, 15) is 19.5 Å². The number of para-hydroxylation sites is 1. The molecule has 202 valence electrons. The number of carboxylic acid groups (broad SMARTS) is 2. The molecule has 0 saturated carbocycles. The molecule has 1 amide bonds. The van der Waals surface area contributed by atoms with Crippen LogP contribution in [-0.2, 0) is 17.6 Å². The van der Waals surface area contributed by atoms with Gasteiger partial charge in [0.2, 0.25) is 0 Å². The maximum absolute atomic E-state index is 11.7. The number of aromatic carboxylic acids is 2. The van der Waals surface area contributed by atoms with Crippen molar-refractivity contribution in [2.45, 2.75) is 19.3 Å². The second-order valence-electron chi connectivity index (χ2n) is 9.35. The lowest BCUT2D eigenvalue weighted by molar-refractivity contribution is 0.0686. The Kier molecular flexibility index (Phi) is 9.34. The quantitative estimate of drug-likeness (QED) is 0.304. The molecular weight excluding hydrogens is 498 g/mol. The number of hydrogen-bond acceptors (Lipinski definition) is 5. The molecule has 3 aromatic carbocycles. The van der Waals surface area contributed by atoms with Crippen LogP contribution in [0.25, 0.3) is 6.08 Å². The first-order chi connectivity index (χ1) is 18.9. The minimum Gasteiger partial charge on any atom is -0.491 e. The first kappa shape index (κ1) is 27.4. The summed E-state index contributed by atoms with van der Waals surface area (Å²) in [6.45, 7) is 1.78. The van der Waals surface area contributed by atoms with E-state index in [1.807, 2.05) is 54.6 Å². The molecule has 1 fully saturated rings. The van der Waals surface area contributed by atoms with Gasteiger partial charge in [-0.15, -0.1) is 0 Å². The summed E-state index contributed by atoms with van der Waals surface area (Å²) >= 11 is 0. The molecule has 8 heteroatoms. The predicted molar refractivity (Wildman–Crippen MR) is 146 cm³/mol. The van der Waals surface area contributed by atoms with Gasteiger partial charge >= 0.3 is 18.0 Å². The highest BCUT2D eigenvalue weighted by Gasteiger charge is 2.21. The van der Waals surface area contributed by atoms with E-state index >= 15 is 0 Å². The van der Waals surface area contributed by atoms with E-state index < -0.39 is 11.9 Å². The fraction of sp³-hybridized carbons (Fsp3) is 0.258. The summed E-state index contributed by atoms with van der Waals surface area (Å²) in [5, 5.41) is 18.4. The van der Waals surface area contributed by atoms with Crippen molar-refractivity contribution < 1.29 is 34.1 Å². The zero-order valence-corrected chi connectivity index (χ0v) is 21.5. The molecule has 0 bridgehead atoms. The molecule has 39 heavy (non-hydrogen) atoms. The Balaban J connectivity index is 1.46. The number of aryl methyl sites for hydroxylation is 1. The van der Waals surface area contributed by atoms with Gasteiger partial charge in [0.15, 0.2) is 0 Å². The molecule has 0 radical (unpaired) electrons. The number of hydrogen-bond donors (Lipinski definition) is 2. The lowest BCUT2D eigenvalue weighted by atomic mass is 9.91. The molecule has 1 saturated heterocycles. The van der Waals surface area contributed by atoms with Gasteiger partial charge in [0, 0.05) is 5.56 Å². The zero-order chi connectivity index (χ0) is 27.6. The number of carbonyl (C=O) groups is 3. The maximum Gasteiger partial charge on any atom is 0.410 e. The number of carbonyl (C=O) groups excluding carboxylic acids is 1. The normalized spacial score (nSPS) is 13.8. The molecule has 0 aromatic heterocycles. The first-order valence-electron chi connectivity index (χ1n) is 12.9. The number of benzene rings is 3. The summed E-state index contributed by atoms with van der Waals surface area (Å²) < 4.78 is 10.9. The van der Waals surface area contributed by atoms with E-state index in [0.29, 0.717) is 32.7 Å². The Bertz CT molecular complexity index is 1320. The highest BCUT2D eigenvalue weighted by atomic mass is 16.6. The average molecular weight is 530 g/mol. The van der Waals surface area contributed by atoms with Gasteiger partial charge in [0.05, 0.1) is 24.2 Å². The van der Waals surface area contributed by atoms with Crippen LogP contribution in [0.15, 0.2) is 78.9 Å². The Morgan fingerprint density at radius 2 is 1.56 bits per heavy atom. The van der Waals surface area contributed by atoms with Gasteiger partial charge in [-0.3, -0.25) is 0 Å². The van der Waals surface area contributed by atoms with Crippen molar-refractivity contribution in [2.24, 2.45) is 5.92 Å². The lowest BCUT2D eigenvalue weighted by Gasteiger charge is -2.16. The zero-order valence-electron chi connectivity index (χ0n) is 21.5. The van der Waals surface area contributed by atoms with E-state index in [4.69, 9.17) is 14.6 Å². The molecule has 0 spiro atoms. The molecule has 1 aliphatic rings. The van der Waals surface area contributed by atoms with Gasteiger partial charge in [-0.1, -0.05) is 54.6 Å². The van der Waals surface area contributed by atoms with Crippen LogP contribution in [0.5, 0.6) is 5.75 Å². The van der Waals surface area contributed by atoms with Crippen molar-refractivity contribution >= 4 is 24.1 Å². The highest BCUT2D eigenvalue weighted by molar-refractivity contribution is 5.88. The predicted octanol–water partition coefficient (Wildman–Crippen LogP) is 5.42. The van der Waals surface area contributed by atoms with Crippen molar-refractivity contribution in [3.05, 3.63) is 107 Å². The van der Waals surface area contributed by atoms with E-state index in [1.54, 1.807) is 29.2 Å². The topological polar surface area (TPSA) is 113 Å². The van der Waals surface area contributed by atoms with Gasteiger partial charge in [0.25, 0.3) is 0 Å². The van der Waals surface area contributed by atoms with Crippen molar-refractivity contribution in [3.8, 4) is 5.75 Å². The van der Waals surface area contributed by atoms with E-state index in [1.165, 1.54) is 0 Å². The molecule has 1 unspecified atom stereocenters. The summed E-state index contributed by atoms with van der Waals surface area (Å²) in [5.41, 5.74) is 3.49. The van der Waals surface area contributed by atoms with Crippen LogP contribution < -0.4 is 4.74 Å². The van der Waals surface area contributed by atoms with Gasteiger partial charge in [-0.2, -0.15) is 0 Å². The van der Waals surface area contributed by atoms with Crippen molar-refractivity contribution in [1.82, 2.24) is 4.90 Å². The van der Waals surface area contributed by atoms with Gasteiger partial charge in [0.1, 0.15) is 19.0 Å². The average Bonchev–Trinajstić information content (AvgIpc) is 3.35. The molecule has 8 nitrogen and oxygen atoms in total. The minimum atomic E-state index is -0.957. The smallest absolute Gasteiger partial charge is 0.410 e. The van der Waals surface area contributed by atoms with Crippen LogP contribution in [0.4, 0.5) is 4.79 Å². The molecule has 1 atom stereocenters. The Morgan fingerprint density at radius 1 is 0.923 bits per heavy atom. The van der Waals surface area contributed by atoms with Crippen LogP contribution >= 0.6 is 0 Å². The number of ether oxygens (including phenoxy) is 2. The standard InChI is InChI=1S/C31H31NO7/c33-29(34)26-13-7-22(8-14-26)5-6-23(21-24-10-15-27(16-11-24)30(35)36)9-12-25-3-1-2-4-28(25)38-19-17-32-18-20-39-31(32)37/h1-4,7-16,23H,5-6,17-21H2,(H,33,34)(H,35,36)/b12-9+. The van der Waals surface area contributed by atoms with Crippen molar-refractivity contribution in [2.75, 3.05) is 26.3 Å². The second kappa shape index (κ2) is 13.3. The summed E-state index contributed by atoms with van der Waals surface area (Å²) in [5.74, 6) is -1.06. The summed E-state index contributed by atoms with van der Waals surface area (Å²) in [6, 6.07) is 21.5. The SMILES string of the molecule is O=C(O)c1ccc(CCC(/C=C/c2ccccc2OCCN2CCOC2=O)Cc2ccc(C(=O)O)cc2)cc1. The molecule has 1 aliphatic heterocycles. The fourth-order valence-corrected chi connectivity index (χ4v) is 4.40. The number of amides is 1. The molecule has 1 heterocycles. The monoisotopic (exact) mass is 529 g/mol. The van der Waals surface area contributed by atoms with Crippen LogP contribution in [0.2, 0.25) is 0 Å². The lowest BCUT2D eigenvalue weighted by Crippen LogP contribution is -2.29. The first-order valence-corrected chi connectivity index (χ1v) is 12.9. The number of carboxylic acids is 2. The van der Waals surface area contributed by atoms with E-state index in [-0.39, 0.29) is 23.1 Å². The number of nitrogens with zero attached hydrogens (tertiary/aromatic N) is 1. The fourth-order valence-electron chi connectivity index (χ4n) is 4.40. The Labute approximate surface area is 227 Å². The largest absolute Gasteiger partial charge is 0.491 e. The molecule has 0 aliphatic carbocycles. The summed E-state index contributed by atoms with van der Waals surface area (Å²) in [7, 11) is 0. The van der Waals surface area contributed by atoms with Crippen LogP contribution in [0.1, 0.15) is 43.8 Å². The van der Waals surface area contributed by atoms with Gasteiger partial charge < -0.3 is 24.6 Å². The molecule has 2 N–H and O–H groups in total. The van der Waals surface area contributed by atoms with Gasteiger partial charge in [-0.25, -0.2) is 14.4 Å². The second-order valence-corrected chi connectivity index (χ2v) is 9.35. The van der Waals surface area contributed by atoms with E-state index in [0.717, 1.165) is 35.3 Å². The third-order valence-electron chi connectivity index (χ3n) is 6.63. The van der Waals surface area contributed by atoms with Crippen LogP contribution in [0, 0.1) is 5.92 Å².